The van der Waals surface area contributed by atoms with Gasteiger partial charge in [-0.25, -0.2) is 4.79 Å². The number of amides is 1. The fourth-order valence-electron chi connectivity index (χ4n) is 1.79. The first-order valence-corrected chi connectivity index (χ1v) is 7.35. The van der Waals surface area contributed by atoms with Gasteiger partial charge < -0.3 is 25.8 Å². The van der Waals surface area contributed by atoms with Crippen LogP contribution in [0.3, 0.4) is 0 Å². The summed E-state index contributed by atoms with van der Waals surface area (Å²) in [5.74, 6) is -0.154. The number of hydrogen-bond donors (Lipinski definition) is 3. The fourth-order valence-corrected chi connectivity index (χ4v) is 1.79. The summed E-state index contributed by atoms with van der Waals surface area (Å²) in [6, 6.07) is 5.15. The lowest BCUT2D eigenvalue weighted by molar-refractivity contribution is -0.137. The molecule has 23 heavy (non-hydrogen) atoms. The minimum absolute atomic E-state index is 0.235. The van der Waals surface area contributed by atoms with Crippen molar-refractivity contribution in [2.24, 2.45) is 5.73 Å². The maximum Gasteiger partial charge on any atom is 0.330 e. The zero-order valence-corrected chi connectivity index (χ0v) is 13.4. The van der Waals surface area contributed by atoms with Gasteiger partial charge in [0.15, 0.2) is 0 Å². The molecule has 0 unspecified atom stereocenters. The molecule has 0 heterocycles. The quantitative estimate of drug-likeness (QED) is 0.461. The lowest BCUT2D eigenvalue weighted by atomic mass is 10.1. The maximum atomic E-state index is 12.0. The second-order valence-electron chi connectivity index (χ2n) is 4.49. The summed E-state index contributed by atoms with van der Waals surface area (Å²) < 4.78 is 10.0. The summed E-state index contributed by atoms with van der Waals surface area (Å²) in [7, 11) is 1.50. The topological polar surface area (TPSA) is 103 Å². The van der Waals surface area contributed by atoms with Crippen molar-refractivity contribution < 1.29 is 19.1 Å². The molecule has 1 aromatic carbocycles. The summed E-state index contributed by atoms with van der Waals surface area (Å²) in [6.45, 7) is 3.32. The standard InChI is InChI=1S/C16H23N3O4/c1-3-23-15(20)5-4-9-18-12-6-7-13(14(11-12)22-2)16(21)19-10-8-17/h4-7,11,18H,3,8-10,17H2,1-2H3,(H,19,21)/b5-4+. The Hall–Kier alpha value is -2.54. The van der Waals surface area contributed by atoms with Crippen molar-refractivity contribution in [1.82, 2.24) is 5.32 Å². The first-order chi connectivity index (χ1) is 11.1. The van der Waals surface area contributed by atoms with E-state index in [9.17, 15) is 9.59 Å². The molecule has 1 amide bonds. The second-order valence-corrected chi connectivity index (χ2v) is 4.49. The molecule has 0 aliphatic heterocycles. The SMILES string of the molecule is CCOC(=O)/C=C/CNc1ccc(C(=O)NCCN)c(OC)c1. The zero-order valence-electron chi connectivity index (χ0n) is 13.4. The number of carbonyl (C=O) groups is 2. The highest BCUT2D eigenvalue weighted by Gasteiger charge is 2.12. The van der Waals surface area contributed by atoms with Crippen LogP contribution in [0.1, 0.15) is 17.3 Å². The van der Waals surface area contributed by atoms with Gasteiger partial charge in [0.2, 0.25) is 0 Å². The molecule has 0 bridgehead atoms. The average Bonchev–Trinajstić information content (AvgIpc) is 2.56. The molecule has 7 heteroatoms. The summed E-state index contributed by atoms with van der Waals surface area (Å²) in [5, 5.41) is 5.79. The monoisotopic (exact) mass is 321 g/mol. The van der Waals surface area contributed by atoms with Crippen molar-refractivity contribution in [2.45, 2.75) is 6.92 Å². The first kappa shape index (κ1) is 18.5. The van der Waals surface area contributed by atoms with E-state index in [1.54, 1.807) is 31.2 Å². The van der Waals surface area contributed by atoms with Crippen LogP contribution in [0.15, 0.2) is 30.4 Å². The molecule has 4 N–H and O–H groups in total. The van der Waals surface area contributed by atoms with E-state index in [1.807, 2.05) is 0 Å². The third-order valence-corrected chi connectivity index (χ3v) is 2.84. The van der Waals surface area contributed by atoms with E-state index < -0.39 is 0 Å². The van der Waals surface area contributed by atoms with Gasteiger partial charge in [-0.15, -0.1) is 0 Å². The molecule has 1 aromatic rings. The molecule has 1 rings (SSSR count). The Balaban J connectivity index is 2.65. The molecule has 0 aromatic heterocycles. The third kappa shape index (κ3) is 6.39. The number of benzene rings is 1. The van der Waals surface area contributed by atoms with Crippen LogP contribution in [0.25, 0.3) is 0 Å². The van der Waals surface area contributed by atoms with E-state index in [2.05, 4.69) is 10.6 Å². The predicted octanol–water partition coefficient (Wildman–Crippen LogP) is 0.915. The van der Waals surface area contributed by atoms with Crippen molar-refractivity contribution in [3.05, 3.63) is 35.9 Å². The molecule has 0 saturated carbocycles. The highest BCUT2D eigenvalue weighted by molar-refractivity contribution is 5.97. The average molecular weight is 321 g/mol. The Morgan fingerprint density at radius 2 is 2.13 bits per heavy atom. The maximum absolute atomic E-state index is 12.0. The molecule has 0 atom stereocenters. The van der Waals surface area contributed by atoms with E-state index in [4.69, 9.17) is 15.2 Å². The molecule has 7 nitrogen and oxygen atoms in total. The molecule has 0 fully saturated rings. The number of nitrogens with two attached hydrogens (primary N) is 1. The highest BCUT2D eigenvalue weighted by Crippen LogP contribution is 2.23. The van der Waals surface area contributed by atoms with Gasteiger partial charge in [0.05, 0.1) is 19.3 Å². The van der Waals surface area contributed by atoms with Crippen LogP contribution in [0.2, 0.25) is 0 Å². The Kier molecular flexibility index (Phi) is 8.23. The highest BCUT2D eigenvalue weighted by atomic mass is 16.5. The molecule has 0 spiro atoms. The molecule has 0 aliphatic carbocycles. The van der Waals surface area contributed by atoms with Gasteiger partial charge in [0.1, 0.15) is 5.75 Å². The Morgan fingerprint density at radius 3 is 2.78 bits per heavy atom. The molecular weight excluding hydrogens is 298 g/mol. The van der Waals surface area contributed by atoms with Gasteiger partial charge in [-0.3, -0.25) is 4.79 Å². The van der Waals surface area contributed by atoms with Gasteiger partial charge >= 0.3 is 5.97 Å². The number of hydrogen-bond acceptors (Lipinski definition) is 6. The van der Waals surface area contributed by atoms with Crippen molar-refractivity contribution in [3.8, 4) is 5.75 Å². The van der Waals surface area contributed by atoms with Crippen LogP contribution in [0, 0.1) is 0 Å². The largest absolute Gasteiger partial charge is 0.496 e. The first-order valence-electron chi connectivity index (χ1n) is 7.35. The molecule has 0 aliphatic rings. The van der Waals surface area contributed by atoms with E-state index in [1.165, 1.54) is 13.2 Å². The van der Waals surface area contributed by atoms with Crippen LogP contribution in [-0.2, 0) is 9.53 Å². The van der Waals surface area contributed by atoms with Gasteiger partial charge in [-0.2, -0.15) is 0 Å². The van der Waals surface area contributed by atoms with Gasteiger partial charge in [0, 0.05) is 37.5 Å². The Bertz CT molecular complexity index is 558. The second kappa shape index (κ2) is 10.2. The minimum Gasteiger partial charge on any atom is -0.496 e. The Morgan fingerprint density at radius 1 is 1.35 bits per heavy atom. The van der Waals surface area contributed by atoms with Gasteiger partial charge in [-0.1, -0.05) is 6.08 Å². The molecule has 0 saturated heterocycles. The molecule has 126 valence electrons. The minimum atomic E-state index is -0.376. The van der Waals surface area contributed by atoms with E-state index in [0.717, 1.165) is 5.69 Å². The number of ether oxygens (including phenoxy) is 2. The van der Waals surface area contributed by atoms with Gasteiger partial charge in [-0.05, 0) is 19.1 Å². The van der Waals surface area contributed by atoms with Crippen molar-refractivity contribution in [2.75, 3.05) is 38.7 Å². The van der Waals surface area contributed by atoms with Crippen LogP contribution in [0.5, 0.6) is 5.75 Å². The lowest BCUT2D eigenvalue weighted by Crippen LogP contribution is -2.29. The smallest absolute Gasteiger partial charge is 0.330 e. The number of carbonyl (C=O) groups excluding carboxylic acids is 2. The predicted molar refractivity (Wildman–Crippen MR) is 88.6 cm³/mol. The summed E-state index contributed by atoms with van der Waals surface area (Å²) in [5.41, 5.74) is 6.57. The lowest BCUT2D eigenvalue weighted by Gasteiger charge is -2.11. The summed E-state index contributed by atoms with van der Waals surface area (Å²) in [4.78, 5) is 23.1. The van der Waals surface area contributed by atoms with Crippen LogP contribution < -0.4 is 21.1 Å². The van der Waals surface area contributed by atoms with Crippen molar-refractivity contribution in [3.63, 3.8) is 0 Å². The third-order valence-electron chi connectivity index (χ3n) is 2.84. The molecular formula is C16H23N3O4. The van der Waals surface area contributed by atoms with E-state index in [0.29, 0.717) is 37.6 Å². The Labute approximate surface area is 135 Å². The van der Waals surface area contributed by atoms with Crippen LogP contribution in [-0.4, -0.2) is 45.2 Å². The number of anilines is 1. The van der Waals surface area contributed by atoms with Crippen LogP contribution in [0.4, 0.5) is 5.69 Å². The number of methoxy groups -OCH3 is 1. The zero-order chi connectivity index (χ0) is 17.1. The fraction of sp³-hybridized carbons (Fsp3) is 0.375. The van der Waals surface area contributed by atoms with E-state index >= 15 is 0 Å². The van der Waals surface area contributed by atoms with Crippen molar-refractivity contribution in [1.29, 1.82) is 0 Å². The summed E-state index contributed by atoms with van der Waals surface area (Å²) in [6.07, 6.45) is 3.02. The number of nitrogens with one attached hydrogen (secondary N) is 2. The van der Waals surface area contributed by atoms with Gasteiger partial charge in [0.25, 0.3) is 5.91 Å². The van der Waals surface area contributed by atoms with E-state index in [-0.39, 0.29) is 11.9 Å². The number of rotatable bonds is 9. The van der Waals surface area contributed by atoms with Crippen LogP contribution >= 0.6 is 0 Å². The van der Waals surface area contributed by atoms with Crippen molar-refractivity contribution >= 4 is 17.6 Å². The summed E-state index contributed by atoms with van der Waals surface area (Å²) >= 11 is 0. The molecule has 0 radical (unpaired) electrons. The number of esters is 1. The normalized spacial score (nSPS) is 10.4.